The topological polar surface area (TPSA) is 52.6 Å². The summed E-state index contributed by atoms with van der Waals surface area (Å²) in [6.07, 6.45) is 2.25. The molecule has 2 fully saturated rings. The number of carbonyl (C=O) groups is 2. The van der Waals surface area contributed by atoms with Gasteiger partial charge in [-0.05, 0) is 30.8 Å². The number of fused-ring (bicyclic) bond motifs is 1. The Morgan fingerprint density at radius 1 is 1.60 bits per heavy atom. The number of ether oxygens (including phenoxy) is 2. The molecule has 0 radical (unpaired) electrons. The standard InChI is InChI=1S/C11H14O4/c1-7-3-4-8-5-6-15-10(13)11(7,8)9(12)14-2/h8H,1,3-6H2,2H3/t8-,11-/m1/s1. The SMILES string of the molecule is C=C1CC[C@@H]2CCOC(=O)[C@]12C(=O)OC. The molecule has 0 spiro atoms. The first-order valence-electron chi connectivity index (χ1n) is 5.08. The van der Waals surface area contributed by atoms with Gasteiger partial charge in [-0.3, -0.25) is 9.59 Å². The molecular formula is C11H14O4. The van der Waals surface area contributed by atoms with Crippen molar-refractivity contribution >= 4 is 11.9 Å². The molecule has 1 saturated carbocycles. The summed E-state index contributed by atoms with van der Waals surface area (Å²) in [4.78, 5) is 23.6. The predicted octanol–water partition coefficient (Wildman–Crippen LogP) is 1.06. The van der Waals surface area contributed by atoms with Gasteiger partial charge in [0.05, 0.1) is 13.7 Å². The summed E-state index contributed by atoms with van der Waals surface area (Å²) in [7, 11) is 1.29. The van der Waals surface area contributed by atoms with Crippen molar-refractivity contribution in [3.8, 4) is 0 Å². The molecule has 2 atom stereocenters. The van der Waals surface area contributed by atoms with E-state index in [-0.39, 0.29) is 5.92 Å². The molecule has 2 rings (SSSR count). The summed E-state index contributed by atoms with van der Waals surface area (Å²) in [6, 6.07) is 0. The van der Waals surface area contributed by atoms with Crippen molar-refractivity contribution in [2.75, 3.05) is 13.7 Å². The van der Waals surface area contributed by atoms with Gasteiger partial charge in [0.2, 0.25) is 0 Å². The van der Waals surface area contributed by atoms with Crippen LogP contribution in [0.2, 0.25) is 0 Å². The molecular weight excluding hydrogens is 196 g/mol. The average Bonchev–Trinajstić information content (AvgIpc) is 2.58. The van der Waals surface area contributed by atoms with Crippen LogP contribution in [-0.4, -0.2) is 25.7 Å². The fraction of sp³-hybridized carbons (Fsp3) is 0.636. The zero-order chi connectivity index (χ0) is 11.1. The third-order valence-corrected chi connectivity index (χ3v) is 3.49. The first kappa shape index (κ1) is 10.2. The van der Waals surface area contributed by atoms with Crippen molar-refractivity contribution in [3.05, 3.63) is 12.2 Å². The highest BCUT2D eigenvalue weighted by Gasteiger charge is 2.61. The lowest BCUT2D eigenvalue weighted by Gasteiger charge is -2.35. The smallest absolute Gasteiger partial charge is 0.328 e. The normalized spacial score (nSPS) is 34.6. The number of hydrogen-bond acceptors (Lipinski definition) is 4. The van der Waals surface area contributed by atoms with Crippen molar-refractivity contribution in [2.24, 2.45) is 11.3 Å². The van der Waals surface area contributed by atoms with Gasteiger partial charge in [0, 0.05) is 0 Å². The van der Waals surface area contributed by atoms with E-state index >= 15 is 0 Å². The van der Waals surface area contributed by atoms with Crippen LogP contribution < -0.4 is 0 Å². The lowest BCUT2D eigenvalue weighted by atomic mass is 9.73. The molecule has 2 aliphatic rings. The van der Waals surface area contributed by atoms with Gasteiger partial charge in [0.1, 0.15) is 0 Å². The summed E-state index contributed by atoms with van der Waals surface area (Å²) >= 11 is 0. The van der Waals surface area contributed by atoms with Crippen LogP contribution in [0.25, 0.3) is 0 Å². The molecule has 4 nitrogen and oxygen atoms in total. The lowest BCUT2D eigenvalue weighted by Crippen LogP contribution is -2.48. The number of esters is 2. The Labute approximate surface area is 88.2 Å². The number of methoxy groups -OCH3 is 1. The number of cyclic esters (lactones) is 1. The van der Waals surface area contributed by atoms with E-state index in [9.17, 15) is 9.59 Å². The van der Waals surface area contributed by atoms with Crippen molar-refractivity contribution in [1.82, 2.24) is 0 Å². The molecule has 1 aliphatic heterocycles. The maximum Gasteiger partial charge on any atom is 0.328 e. The van der Waals surface area contributed by atoms with Gasteiger partial charge in [0.25, 0.3) is 0 Å². The molecule has 15 heavy (non-hydrogen) atoms. The fourth-order valence-electron chi connectivity index (χ4n) is 2.69. The molecule has 0 amide bonds. The Morgan fingerprint density at radius 3 is 3.00 bits per heavy atom. The summed E-state index contributed by atoms with van der Waals surface area (Å²) < 4.78 is 9.72. The summed E-state index contributed by atoms with van der Waals surface area (Å²) in [6.45, 7) is 4.23. The number of carbonyl (C=O) groups excluding carboxylic acids is 2. The fourth-order valence-corrected chi connectivity index (χ4v) is 2.69. The molecule has 0 unspecified atom stereocenters. The largest absolute Gasteiger partial charge is 0.468 e. The van der Waals surface area contributed by atoms with E-state index in [4.69, 9.17) is 9.47 Å². The Hall–Kier alpha value is -1.32. The summed E-state index contributed by atoms with van der Waals surface area (Å²) in [5.74, 6) is -0.980. The van der Waals surface area contributed by atoms with Gasteiger partial charge in [-0.25, -0.2) is 0 Å². The van der Waals surface area contributed by atoms with Crippen LogP contribution in [0.3, 0.4) is 0 Å². The van der Waals surface area contributed by atoms with Crippen LogP contribution in [0.4, 0.5) is 0 Å². The van der Waals surface area contributed by atoms with Crippen molar-refractivity contribution in [1.29, 1.82) is 0 Å². The summed E-state index contributed by atoms with van der Waals surface area (Å²) in [5.41, 5.74) is -0.559. The quantitative estimate of drug-likeness (QED) is 0.369. The maximum absolute atomic E-state index is 11.8. The minimum atomic E-state index is -1.20. The molecule has 0 aromatic carbocycles. The highest BCUT2D eigenvalue weighted by molar-refractivity contribution is 6.04. The number of hydrogen-bond donors (Lipinski definition) is 0. The predicted molar refractivity (Wildman–Crippen MR) is 51.9 cm³/mol. The number of rotatable bonds is 1. The van der Waals surface area contributed by atoms with Gasteiger partial charge in [0.15, 0.2) is 5.41 Å². The van der Waals surface area contributed by atoms with Crippen LogP contribution in [0, 0.1) is 11.3 Å². The first-order chi connectivity index (χ1) is 7.14. The summed E-state index contributed by atoms with van der Waals surface area (Å²) in [5, 5.41) is 0. The third-order valence-electron chi connectivity index (χ3n) is 3.49. The Bertz CT molecular complexity index is 323. The second kappa shape index (κ2) is 3.36. The van der Waals surface area contributed by atoms with E-state index in [0.29, 0.717) is 18.6 Å². The first-order valence-corrected chi connectivity index (χ1v) is 5.08. The van der Waals surface area contributed by atoms with Gasteiger partial charge >= 0.3 is 11.9 Å². The second-order valence-corrected chi connectivity index (χ2v) is 4.06. The van der Waals surface area contributed by atoms with E-state index in [1.54, 1.807) is 0 Å². The maximum atomic E-state index is 11.8. The minimum Gasteiger partial charge on any atom is -0.468 e. The average molecular weight is 210 g/mol. The van der Waals surface area contributed by atoms with E-state index in [1.807, 2.05) is 0 Å². The van der Waals surface area contributed by atoms with Crippen molar-refractivity contribution < 1.29 is 19.1 Å². The molecule has 4 heteroatoms. The van der Waals surface area contributed by atoms with E-state index < -0.39 is 17.4 Å². The zero-order valence-electron chi connectivity index (χ0n) is 8.75. The molecule has 0 aromatic rings. The van der Waals surface area contributed by atoms with Crippen molar-refractivity contribution in [2.45, 2.75) is 19.3 Å². The molecule has 0 bridgehead atoms. The Morgan fingerprint density at radius 2 is 2.33 bits per heavy atom. The molecule has 82 valence electrons. The van der Waals surface area contributed by atoms with Crippen molar-refractivity contribution in [3.63, 3.8) is 0 Å². The highest BCUT2D eigenvalue weighted by atomic mass is 16.6. The van der Waals surface area contributed by atoms with Gasteiger partial charge in [-0.2, -0.15) is 0 Å². The van der Waals surface area contributed by atoms with Crippen LogP contribution in [0.15, 0.2) is 12.2 Å². The molecule has 1 heterocycles. The van der Waals surface area contributed by atoms with Gasteiger partial charge < -0.3 is 9.47 Å². The van der Waals surface area contributed by atoms with Crippen LogP contribution >= 0.6 is 0 Å². The highest BCUT2D eigenvalue weighted by Crippen LogP contribution is 2.52. The Balaban J connectivity index is 2.47. The molecule has 1 aliphatic carbocycles. The Kier molecular flexibility index (Phi) is 2.29. The lowest BCUT2D eigenvalue weighted by molar-refractivity contribution is -0.176. The molecule has 0 aromatic heterocycles. The van der Waals surface area contributed by atoms with Crippen LogP contribution in [0.5, 0.6) is 0 Å². The molecule has 0 N–H and O–H groups in total. The second-order valence-electron chi connectivity index (χ2n) is 4.06. The van der Waals surface area contributed by atoms with Crippen LogP contribution in [0.1, 0.15) is 19.3 Å². The third kappa shape index (κ3) is 1.14. The van der Waals surface area contributed by atoms with Crippen LogP contribution in [-0.2, 0) is 19.1 Å². The van der Waals surface area contributed by atoms with Gasteiger partial charge in [-0.1, -0.05) is 6.58 Å². The molecule has 1 saturated heterocycles. The van der Waals surface area contributed by atoms with E-state index in [2.05, 4.69) is 6.58 Å². The van der Waals surface area contributed by atoms with E-state index in [1.165, 1.54) is 7.11 Å². The van der Waals surface area contributed by atoms with E-state index in [0.717, 1.165) is 12.8 Å². The zero-order valence-corrected chi connectivity index (χ0v) is 8.75. The van der Waals surface area contributed by atoms with Gasteiger partial charge in [-0.15, -0.1) is 0 Å². The minimum absolute atomic E-state index is 0.0127. The monoisotopic (exact) mass is 210 g/mol.